The number of nitro benzene ring substituents is 1. The van der Waals surface area contributed by atoms with Gasteiger partial charge >= 0.3 is 5.69 Å². The molecule has 98 valence electrons. The van der Waals surface area contributed by atoms with Gasteiger partial charge in [0.25, 0.3) is 5.91 Å². The van der Waals surface area contributed by atoms with Gasteiger partial charge in [-0.1, -0.05) is 5.16 Å². The summed E-state index contributed by atoms with van der Waals surface area (Å²) in [5, 5.41) is 23.4. The van der Waals surface area contributed by atoms with Crippen molar-refractivity contribution in [2.24, 2.45) is 5.16 Å². The van der Waals surface area contributed by atoms with Gasteiger partial charge < -0.3 is 10.5 Å². The summed E-state index contributed by atoms with van der Waals surface area (Å²) < 4.78 is 26.5. The first-order chi connectivity index (χ1) is 8.88. The number of hydrogen-bond acceptors (Lipinski definition) is 6. The molecule has 0 atom stereocenters. The second-order valence-corrected chi connectivity index (χ2v) is 3.43. The van der Waals surface area contributed by atoms with Crippen LogP contribution in [0.1, 0.15) is 10.4 Å². The summed E-state index contributed by atoms with van der Waals surface area (Å²) in [4.78, 5) is 32.4. The number of halogens is 2. The molecule has 2 rings (SSSR count). The number of fused-ring (bicyclic) bond motifs is 1. The van der Waals surface area contributed by atoms with Gasteiger partial charge in [-0.25, -0.2) is 4.39 Å². The summed E-state index contributed by atoms with van der Waals surface area (Å²) in [5.41, 5.74) is -3.92. The molecule has 19 heavy (non-hydrogen) atoms. The Balaban J connectivity index is 2.84. The lowest BCUT2D eigenvalue weighted by atomic mass is 9.97. The van der Waals surface area contributed by atoms with Crippen molar-refractivity contribution in [2.75, 3.05) is 5.32 Å². The highest BCUT2D eigenvalue weighted by Crippen LogP contribution is 2.34. The summed E-state index contributed by atoms with van der Waals surface area (Å²) in [6, 6.07) is 0.432. The monoisotopic (exact) mass is 271 g/mol. The molecular formula is C9H3F2N3O5. The van der Waals surface area contributed by atoms with Gasteiger partial charge in [0.1, 0.15) is 5.56 Å². The minimum absolute atomic E-state index is 0.432. The topological polar surface area (TPSA) is 122 Å². The van der Waals surface area contributed by atoms with Crippen LogP contribution in [0.15, 0.2) is 11.2 Å². The molecule has 0 radical (unpaired) electrons. The van der Waals surface area contributed by atoms with Crippen LogP contribution in [-0.2, 0) is 4.79 Å². The van der Waals surface area contributed by atoms with Crippen LogP contribution in [0.25, 0.3) is 0 Å². The lowest BCUT2D eigenvalue weighted by Gasteiger charge is -2.16. The zero-order chi connectivity index (χ0) is 14.3. The van der Waals surface area contributed by atoms with Gasteiger partial charge in [-0.3, -0.25) is 19.7 Å². The van der Waals surface area contributed by atoms with Gasteiger partial charge in [0.15, 0.2) is 5.82 Å². The van der Waals surface area contributed by atoms with E-state index in [1.165, 1.54) is 0 Å². The molecule has 1 heterocycles. The third kappa shape index (κ3) is 1.69. The van der Waals surface area contributed by atoms with E-state index in [4.69, 9.17) is 5.21 Å². The number of ketones is 1. The van der Waals surface area contributed by atoms with Crippen LogP contribution in [0.5, 0.6) is 0 Å². The fourth-order valence-corrected chi connectivity index (χ4v) is 1.61. The molecule has 10 heteroatoms. The number of carbonyl (C=O) groups is 2. The van der Waals surface area contributed by atoms with E-state index in [2.05, 4.69) is 5.16 Å². The Kier molecular flexibility index (Phi) is 2.70. The Bertz CT molecular complexity index is 670. The molecule has 0 fully saturated rings. The maximum Gasteiger partial charge on any atom is 0.321 e. The lowest BCUT2D eigenvalue weighted by molar-refractivity contribution is -0.388. The normalized spacial score (nSPS) is 16.2. The van der Waals surface area contributed by atoms with Crippen LogP contribution in [0.3, 0.4) is 0 Å². The molecule has 0 aromatic heterocycles. The molecule has 1 aromatic carbocycles. The zero-order valence-corrected chi connectivity index (χ0v) is 8.81. The number of hydrogen-bond donors (Lipinski definition) is 2. The summed E-state index contributed by atoms with van der Waals surface area (Å²) in [6.45, 7) is 0. The summed E-state index contributed by atoms with van der Waals surface area (Å²) in [6.07, 6.45) is 0. The molecule has 0 aliphatic carbocycles. The van der Waals surface area contributed by atoms with E-state index in [1.807, 2.05) is 5.32 Å². The molecule has 1 aromatic rings. The highest BCUT2D eigenvalue weighted by molar-refractivity contribution is 6.73. The summed E-state index contributed by atoms with van der Waals surface area (Å²) >= 11 is 0. The van der Waals surface area contributed by atoms with Gasteiger partial charge in [0, 0.05) is 6.07 Å². The van der Waals surface area contributed by atoms with Crippen molar-refractivity contribution in [2.45, 2.75) is 0 Å². The number of carbonyl (C=O) groups excluding carboxylic acids is 2. The highest BCUT2D eigenvalue weighted by Gasteiger charge is 2.40. The number of rotatable bonds is 1. The Labute approximate surface area is 102 Å². The Morgan fingerprint density at radius 3 is 2.53 bits per heavy atom. The van der Waals surface area contributed by atoms with Crippen LogP contribution >= 0.6 is 0 Å². The van der Waals surface area contributed by atoms with E-state index in [0.29, 0.717) is 6.07 Å². The summed E-state index contributed by atoms with van der Waals surface area (Å²) in [5.74, 6) is -5.99. The number of anilines is 1. The van der Waals surface area contributed by atoms with Gasteiger partial charge in [0.05, 0.1) is 10.6 Å². The molecule has 1 aliphatic heterocycles. The highest BCUT2D eigenvalue weighted by atomic mass is 19.2. The van der Waals surface area contributed by atoms with E-state index < -0.39 is 50.9 Å². The average Bonchev–Trinajstić information content (AvgIpc) is 2.32. The number of nitrogens with one attached hydrogen (secondary N) is 1. The lowest BCUT2D eigenvalue weighted by Crippen LogP contribution is -2.36. The van der Waals surface area contributed by atoms with Crippen molar-refractivity contribution in [3.05, 3.63) is 33.4 Å². The number of nitro groups is 1. The second-order valence-electron chi connectivity index (χ2n) is 3.43. The molecule has 0 saturated heterocycles. The minimum Gasteiger partial charge on any atom is -0.410 e. The van der Waals surface area contributed by atoms with E-state index in [-0.39, 0.29) is 0 Å². The smallest absolute Gasteiger partial charge is 0.321 e. The molecule has 0 bridgehead atoms. The van der Waals surface area contributed by atoms with E-state index in [9.17, 15) is 28.5 Å². The fourth-order valence-electron chi connectivity index (χ4n) is 1.61. The Morgan fingerprint density at radius 2 is 2.00 bits per heavy atom. The van der Waals surface area contributed by atoms with Crippen LogP contribution in [0, 0.1) is 21.7 Å². The summed E-state index contributed by atoms with van der Waals surface area (Å²) in [7, 11) is 0. The molecule has 0 saturated carbocycles. The number of Topliss-reactive ketones (excluding diaryl/α,β-unsaturated/α-hetero) is 1. The van der Waals surface area contributed by atoms with Crippen molar-refractivity contribution < 1.29 is 28.5 Å². The predicted octanol–water partition coefficient (Wildman–Crippen LogP) is 0.838. The third-order valence-corrected chi connectivity index (χ3v) is 2.38. The predicted molar refractivity (Wildman–Crippen MR) is 55.2 cm³/mol. The number of oxime groups is 1. The van der Waals surface area contributed by atoms with Gasteiger partial charge in [-0.05, 0) is 0 Å². The van der Waals surface area contributed by atoms with E-state index in [1.54, 1.807) is 0 Å². The molecule has 1 amide bonds. The fraction of sp³-hybridized carbons (Fsp3) is 0. The molecule has 2 N–H and O–H groups in total. The SMILES string of the molecule is O=C1Nc2cc(F)c(F)c([N+](=O)[O-])c2C(=O)C1=NO. The number of benzene rings is 1. The number of amides is 1. The van der Waals surface area contributed by atoms with Crippen molar-refractivity contribution in [1.29, 1.82) is 0 Å². The molecular weight excluding hydrogens is 268 g/mol. The molecule has 0 unspecified atom stereocenters. The standard InChI is InChI=1S/C9H3F2N3O5/c10-2-1-3-4(7(5(2)11)14(18)19)8(15)6(13-17)9(16)12-3/h1,17H,(H,12,16). The molecule has 1 aliphatic rings. The first kappa shape index (κ1) is 12.5. The van der Waals surface area contributed by atoms with Crippen molar-refractivity contribution in [3.8, 4) is 0 Å². The zero-order valence-electron chi connectivity index (χ0n) is 8.81. The molecule has 0 spiro atoms. The van der Waals surface area contributed by atoms with Gasteiger partial charge in [-0.2, -0.15) is 4.39 Å². The Hall–Kier alpha value is -2.91. The van der Waals surface area contributed by atoms with Crippen LogP contribution in [-0.4, -0.2) is 27.5 Å². The maximum atomic E-state index is 13.4. The largest absolute Gasteiger partial charge is 0.410 e. The average molecular weight is 271 g/mol. The minimum atomic E-state index is -1.84. The first-order valence-corrected chi connectivity index (χ1v) is 4.63. The van der Waals surface area contributed by atoms with Gasteiger partial charge in [-0.15, -0.1) is 0 Å². The van der Waals surface area contributed by atoms with E-state index in [0.717, 1.165) is 0 Å². The van der Waals surface area contributed by atoms with Crippen molar-refractivity contribution >= 4 is 28.8 Å². The first-order valence-electron chi connectivity index (χ1n) is 4.63. The van der Waals surface area contributed by atoms with E-state index >= 15 is 0 Å². The van der Waals surface area contributed by atoms with Crippen LogP contribution in [0.2, 0.25) is 0 Å². The quantitative estimate of drug-likeness (QED) is 0.445. The maximum absolute atomic E-state index is 13.4. The Morgan fingerprint density at radius 1 is 1.37 bits per heavy atom. The van der Waals surface area contributed by atoms with Crippen LogP contribution in [0.4, 0.5) is 20.2 Å². The molecule has 8 nitrogen and oxygen atoms in total. The number of nitrogens with zero attached hydrogens (tertiary/aromatic N) is 2. The van der Waals surface area contributed by atoms with Gasteiger partial charge in [0.2, 0.25) is 17.3 Å². The third-order valence-electron chi connectivity index (χ3n) is 2.38. The van der Waals surface area contributed by atoms with Crippen molar-refractivity contribution in [1.82, 2.24) is 0 Å². The van der Waals surface area contributed by atoms with Crippen molar-refractivity contribution in [3.63, 3.8) is 0 Å². The second kappa shape index (κ2) is 4.08. The van der Waals surface area contributed by atoms with Crippen LogP contribution < -0.4 is 5.32 Å².